The lowest BCUT2D eigenvalue weighted by Gasteiger charge is -2.03. The summed E-state index contributed by atoms with van der Waals surface area (Å²) in [7, 11) is 0. The lowest BCUT2D eigenvalue weighted by atomic mass is 10.1. The molecule has 8 heteroatoms. The molecule has 0 aliphatic rings. The molecule has 0 fully saturated rings. The summed E-state index contributed by atoms with van der Waals surface area (Å²) >= 11 is 0. The number of carbonyl (C=O) groups excluding carboxylic acids is 1. The van der Waals surface area contributed by atoms with E-state index in [0.717, 1.165) is 25.7 Å². The first-order chi connectivity index (χ1) is 10.2. The minimum Gasteiger partial charge on any atom is -0.359 e. The zero-order chi connectivity index (χ0) is 15.1. The zero-order valence-corrected chi connectivity index (χ0v) is 13.1. The van der Waals surface area contributed by atoms with Gasteiger partial charge < -0.3 is 10.5 Å². The third kappa shape index (κ3) is 4.42. The predicted molar refractivity (Wildman–Crippen MR) is 82.4 cm³/mol. The van der Waals surface area contributed by atoms with Crippen molar-refractivity contribution in [3.8, 4) is 11.3 Å². The molecule has 0 unspecified atom stereocenters. The molecule has 2 heterocycles. The van der Waals surface area contributed by atoms with E-state index in [9.17, 15) is 10.0 Å². The van der Waals surface area contributed by atoms with Gasteiger partial charge in [0.05, 0.1) is 5.56 Å². The SMILES string of the molecule is CCCCCCNC(=O)c1c(-c2cccnc2)no[n+]1[O-].Cl. The predicted octanol–water partition coefficient (Wildman–Crippen LogP) is 2.10. The number of nitrogens with one attached hydrogen (secondary N) is 1. The molecule has 0 saturated heterocycles. The van der Waals surface area contributed by atoms with Gasteiger partial charge in [0.2, 0.25) is 0 Å². The molecule has 0 aliphatic heterocycles. The molecule has 0 atom stereocenters. The Balaban J connectivity index is 0.00000242. The summed E-state index contributed by atoms with van der Waals surface area (Å²) in [6.07, 6.45) is 7.31. The summed E-state index contributed by atoms with van der Waals surface area (Å²) in [6, 6.07) is 3.41. The molecule has 0 aliphatic carbocycles. The third-order valence-electron chi connectivity index (χ3n) is 3.08. The highest BCUT2D eigenvalue weighted by Crippen LogP contribution is 2.17. The highest BCUT2D eigenvalue weighted by atomic mass is 35.5. The van der Waals surface area contributed by atoms with E-state index in [4.69, 9.17) is 0 Å². The van der Waals surface area contributed by atoms with Crippen LogP contribution in [-0.2, 0) is 0 Å². The number of rotatable bonds is 7. The quantitative estimate of drug-likeness (QED) is 0.621. The van der Waals surface area contributed by atoms with E-state index in [0.29, 0.717) is 12.1 Å². The van der Waals surface area contributed by atoms with E-state index in [1.54, 1.807) is 18.3 Å². The van der Waals surface area contributed by atoms with Crippen LogP contribution in [-0.4, -0.2) is 22.6 Å². The number of hydrogen-bond donors (Lipinski definition) is 1. The van der Waals surface area contributed by atoms with Gasteiger partial charge in [-0.25, -0.2) is 0 Å². The average Bonchev–Trinajstić information content (AvgIpc) is 2.89. The Morgan fingerprint density at radius 2 is 2.23 bits per heavy atom. The number of carbonyl (C=O) groups is 1. The summed E-state index contributed by atoms with van der Waals surface area (Å²) in [5.74, 6) is -0.485. The third-order valence-corrected chi connectivity index (χ3v) is 3.08. The van der Waals surface area contributed by atoms with Crippen LogP contribution in [0.5, 0.6) is 0 Å². The van der Waals surface area contributed by atoms with Crippen molar-refractivity contribution in [1.82, 2.24) is 15.5 Å². The molecule has 0 spiro atoms. The van der Waals surface area contributed by atoms with Gasteiger partial charge in [0.15, 0.2) is 0 Å². The molecular weight excluding hydrogens is 308 g/mol. The van der Waals surface area contributed by atoms with Crippen LogP contribution < -0.4 is 10.2 Å². The molecule has 2 aromatic heterocycles. The van der Waals surface area contributed by atoms with Crippen LogP contribution in [0, 0.1) is 5.21 Å². The van der Waals surface area contributed by atoms with Crippen LogP contribution in [0.25, 0.3) is 11.3 Å². The fraction of sp³-hybridized carbons (Fsp3) is 0.429. The van der Waals surface area contributed by atoms with Crippen molar-refractivity contribution >= 4 is 18.3 Å². The number of amides is 1. The number of hydrogen-bond acceptors (Lipinski definition) is 5. The average molecular weight is 327 g/mol. The topological polar surface area (TPSA) is 95.0 Å². The van der Waals surface area contributed by atoms with Crippen LogP contribution >= 0.6 is 12.4 Å². The zero-order valence-electron chi connectivity index (χ0n) is 12.3. The molecule has 2 rings (SSSR count). The molecular formula is C14H19ClN4O3. The Hall–Kier alpha value is -2.15. The van der Waals surface area contributed by atoms with Gasteiger partial charge in [0.1, 0.15) is 0 Å². The van der Waals surface area contributed by atoms with Crippen molar-refractivity contribution in [2.45, 2.75) is 32.6 Å². The van der Waals surface area contributed by atoms with Crippen molar-refractivity contribution in [3.63, 3.8) is 0 Å². The van der Waals surface area contributed by atoms with Gasteiger partial charge >= 0.3 is 0 Å². The van der Waals surface area contributed by atoms with Crippen LogP contribution in [0.4, 0.5) is 0 Å². The first kappa shape index (κ1) is 17.9. The standard InChI is InChI=1S/C14H18N4O3.ClH/c1-2-3-4-5-9-16-14(19)13-12(17-21-18(13)20)11-7-6-8-15-10-11;/h6-8,10H,2-5,9H2,1H3,(H,16,19);1H. The molecule has 0 bridgehead atoms. The minimum absolute atomic E-state index is 0. The Labute approximate surface area is 134 Å². The van der Waals surface area contributed by atoms with Crippen molar-refractivity contribution in [3.05, 3.63) is 35.4 Å². The second-order valence-electron chi connectivity index (χ2n) is 4.69. The van der Waals surface area contributed by atoms with Crippen molar-refractivity contribution in [1.29, 1.82) is 0 Å². The summed E-state index contributed by atoms with van der Waals surface area (Å²) in [4.78, 5) is 16.2. The fourth-order valence-corrected chi connectivity index (χ4v) is 1.97. The minimum atomic E-state index is -0.485. The van der Waals surface area contributed by atoms with Crippen LogP contribution in [0.3, 0.4) is 0 Å². The largest absolute Gasteiger partial charge is 0.359 e. The summed E-state index contributed by atoms with van der Waals surface area (Å²) in [6.45, 7) is 2.65. The van der Waals surface area contributed by atoms with Crippen LogP contribution in [0.15, 0.2) is 29.2 Å². The number of pyridine rings is 1. The van der Waals surface area contributed by atoms with E-state index in [1.165, 1.54) is 6.20 Å². The first-order valence-electron chi connectivity index (χ1n) is 7.02. The van der Waals surface area contributed by atoms with Crippen molar-refractivity contribution < 1.29 is 14.3 Å². The lowest BCUT2D eigenvalue weighted by molar-refractivity contribution is -0.803. The summed E-state index contributed by atoms with van der Waals surface area (Å²) < 4.78 is 4.54. The normalized spacial score (nSPS) is 10.0. The molecule has 120 valence electrons. The Bertz CT molecular complexity index is 589. The van der Waals surface area contributed by atoms with E-state index < -0.39 is 5.91 Å². The maximum Gasteiger partial charge on any atom is 0.300 e. The first-order valence-corrected chi connectivity index (χ1v) is 7.02. The lowest BCUT2D eigenvalue weighted by Crippen LogP contribution is -2.37. The Morgan fingerprint density at radius 1 is 1.41 bits per heavy atom. The smallest absolute Gasteiger partial charge is 0.300 e. The Kier molecular flexibility index (Phi) is 7.31. The molecule has 0 aromatic carbocycles. The van der Waals surface area contributed by atoms with Crippen molar-refractivity contribution in [2.24, 2.45) is 0 Å². The van der Waals surface area contributed by atoms with Gasteiger partial charge in [-0.15, -0.1) is 12.4 Å². The van der Waals surface area contributed by atoms with E-state index in [1.807, 2.05) is 0 Å². The molecule has 1 amide bonds. The van der Waals surface area contributed by atoms with Gasteiger partial charge in [0.25, 0.3) is 17.3 Å². The van der Waals surface area contributed by atoms with Gasteiger partial charge in [-0.1, -0.05) is 26.2 Å². The van der Waals surface area contributed by atoms with Crippen molar-refractivity contribution in [2.75, 3.05) is 6.54 Å². The van der Waals surface area contributed by atoms with E-state index >= 15 is 0 Å². The molecule has 7 nitrogen and oxygen atoms in total. The number of aromatic nitrogens is 3. The highest BCUT2D eigenvalue weighted by molar-refractivity contribution is 5.96. The molecule has 0 saturated carbocycles. The number of nitrogens with zero attached hydrogens (tertiary/aromatic N) is 3. The molecule has 0 radical (unpaired) electrons. The Morgan fingerprint density at radius 3 is 2.91 bits per heavy atom. The maximum absolute atomic E-state index is 12.1. The van der Waals surface area contributed by atoms with Crippen LogP contribution in [0.1, 0.15) is 43.1 Å². The van der Waals surface area contributed by atoms with E-state index in [-0.39, 0.29) is 28.7 Å². The van der Waals surface area contributed by atoms with Crippen LogP contribution in [0.2, 0.25) is 0 Å². The number of halogens is 1. The maximum atomic E-state index is 12.1. The molecule has 1 N–H and O–H groups in total. The summed E-state index contributed by atoms with van der Waals surface area (Å²) in [5, 5.41) is 18.0. The summed E-state index contributed by atoms with van der Waals surface area (Å²) in [5.41, 5.74) is 0.620. The fourth-order valence-electron chi connectivity index (χ4n) is 1.97. The monoisotopic (exact) mass is 326 g/mol. The van der Waals surface area contributed by atoms with Gasteiger partial charge in [-0.3, -0.25) is 14.4 Å². The molecule has 22 heavy (non-hydrogen) atoms. The molecule has 2 aromatic rings. The van der Waals surface area contributed by atoms with Gasteiger partial charge in [-0.2, -0.15) is 0 Å². The second-order valence-corrected chi connectivity index (χ2v) is 4.69. The second kappa shape index (κ2) is 8.99. The highest BCUT2D eigenvalue weighted by Gasteiger charge is 2.27. The number of unbranched alkanes of at least 4 members (excludes halogenated alkanes) is 3. The van der Waals surface area contributed by atoms with E-state index in [2.05, 4.69) is 27.0 Å². The van der Waals surface area contributed by atoms with Gasteiger partial charge in [-0.05, 0) is 23.5 Å². The van der Waals surface area contributed by atoms with Gasteiger partial charge in [0, 0.05) is 24.1 Å².